The van der Waals surface area contributed by atoms with Gasteiger partial charge in [-0.05, 0) is 25.5 Å². The number of aromatic nitrogens is 2. The van der Waals surface area contributed by atoms with Crippen molar-refractivity contribution in [3.05, 3.63) is 18.2 Å². The molecule has 0 amide bonds. The number of halogens is 1. The Kier molecular flexibility index (Phi) is 7.45. The zero-order chi connectivity index (χ0) is 13.7. The van der Waals surface area contributed by atoms with Gasteiger partial charge in [0.1, 0.15) is 5.75 Å². The van der Waals surface area contributed by atoms with E-state index in [1.54, 1.807) is 0 Å². The molecule has 0 N–H and O–H groups in total. The second-order valence-electron chi connectivity index (χ2n) is 4.59. The van der Waals surface area contributed by atoms with Gasteiger partial charge in [-0.3, -0.25) is 0 Å². The molecule has 0 aliphatic carbocycles. The topological polar surface area (TPSA) is 27.1 Å². The molecule has 112 valence electrons. The van der Waals surface area contributed by atoms with Crippen LogP contribution in [0, 0.1) is 0 Å². The molecule has 1 aromatic carbocycles. The van der Waals surface area contributed by atoms with Crippen LogP contribution in [-0.2, 0) is 7.05 Å². The Morgan fingerprint density at radius 2 is 2.05 bits per heavy atom. The highest BCUT2D eigenvalue weighted by atomic mass is 79.9. The molecule has 20 heavy (non-hydrogen) atoms. The summed E-state index contributed by atoms with van der Waals surface area (Å²) < 4.78 is 7.69. The highest BCUT2D eigenvalue weighted by Crippen LogP contribution is 2.26. The molecular formula is C15H23BrN2OS. The lowest BCUT2D eigenvalue weighted by atomic mass is 10.3. The van der Waals surface area contributed by atoms with Crippen LogP contribution in [-0.4, -0.2) is 21.9 Å². The van der Waals surface area contributed by atoms with Gasteiger partial charge in [-0.25, -0.2) is 4.98 Å². The molecule has 0 fully saturated rings. The number of nitrogens with zero attached hydrogens (tertiary/aromatic N) is 2. The molecule has 5 heteroatoms. The number of hydrogen-bond acceptors (Lipinski definition) is 3. The minimum absolute atomic E-state index is 0. The first kappa shape index (κ1) is 17.4. The van der Waals surface area contributed by atoms with E-state index in [4.69, 9.17) is 9.72 Å². The van der Waals surface area contributed by atoms with Gasteiger partial charge in [0.25, 0.3) is 0 Å². The molecule has 0 unspecified atom stereocenters. The summed E-state index contributed by atoms with van der Waals surface area (Å²) in [6.45, 7) is 4.92. The van der Waals surface area contributed by atoms with Gasteiger partial charge in [-0.1, -0.05) is 31.5 Å². The smallest absolute Gasteiger partial charge is 0.168 e. The largest absolute Gasteiger partial charge is 0.494 e. The first-order valence-electron chi connectivity index (χ1n) is 6.98. The van der Waals surface area contributed by atoms with Gasteiger partial charge in [-0.2, -0.15) is 0 Å². The zero-order valence-corrected chi connectivity index (χ0v) is 14.9. The number of hydrogen-bond donors (Lipinski definition) is 0. The van der Waals surface area contributed by atoms with Crippen molar-refractivity contribution in [3.8, 4) is 5.75 Å². The number of rotatable bonds is 7. The minimum Gasteiger partial charge on any atom is -0.494 e. The Balaban J connectivity index is 0.00000200. The Labute approximate surface area is 135 Å². The van der Waals surface area contributed by atoms with E-state index in [1.807, 2.05) is 30.8 Å². The molecule has 3 nitrogen and oxygen atoms in total. The first-order chi connectivity index (χ1) is 9.26. The Bertz CT molecular complexity index is 542. The monoisotopic (exact) mass is 358 g/mol. The molecule has 1 aromatic heterocycles. The molecule has 0 bridgehead atoms. The number of benzene rings is 1. The summed E-state index contributed by atoms with van der Waals surface area (Å²) in [6.07, 6.45) is 3.82. The highest BCUT2D eigenvalue weighted by molar-refractivity contribution is 8.93. The van der Waals surface area contributed by atoms with Crippen molar-refractivity contribution in [2.24, 2.45) is 7.05 Å². The summed E-state index contributed by atoms with van der Waals surface area (Å²) in [5.41, 5.74) is 2.19. The second kappa shape index (κ2) is 8.57. The lowest BCUT2D eigenvalue weighted by Gasteiger charge is -2.03. The molecule has 0 aliphatic heterocycles. The van der Waals surface area contributed by atoms with Gasteiger partial charge in [0.2, 0.25) is 0 Å². The fourth-order valence-corrected chi connectivity index (χ4v) is 3.04. The van der Waals surface area contributed by atoms with Gasteiger partial charge in [0, 0.05) is 18.9 Å². The second-order valence-corrected chi connectivity index (χ2v) is 5.65. The summed E-state index contributed by atoms with van der Waals surface area (Å²) in [7, 11) is 2.08. The van der Waals surface area contributed by atoms with Crippen molar-refractivity contribution < 1.29 is 4.74 Å². The maximum Gasteiger partial charge on any atom is 0.168 e. The molecular weight excluding hydrogens is 336 g/mol. The van der Waals surface area contributed by atoms with Gasteiger partial charge < -0.3 is 9.30 Å². The average molecular weight is 359 g/mol. The summed E-state index contributed by atoms with van der Waals surface area (Å²) in [4.78, 5) is 4.70. The lowest BCUT2D eigenvalue weighted by molar-refractivity contribution is 0.340. The summed E-state index contributed by atoms with van der Waals surface area (Å²) in [6, 6.07) is 6.12. The van der Waals surface area contributed by atoms with Crippen LogP contribution in [0.3, 0.4) is 0 Å². The highest BCUT2D eigenvalue weighted by Gasteiger charge is 2.08. The van der Waals surface area contributed by atoms with Crippen molar-refractivity contribution >= 4 is 39.8 Å². The summed E-state index contributed by atoms with van der Waals surface area (Å²) >= 11 is 1.84. The fourth-order valence-electron chi connectivity index (χ4n) is 2.06. The van der Waals surface area contributed by atoms with E-state index in [0.29, 0.717) is 6.61 Å². The summed E-state index contributed by atoms with van der Waals surface area (Å²) in [5, 5.41) is 1.10. The Hall–Kier alpha value is -0.680. The molecule has 0 saturated heterocycles. The molecule has 2 aromatic rings. The molecule has 0 atom stereocenters. The van der Waals surface area contributed by atoms with Crippen molar-refractivity contribution in [3.63, 3.8) is 0 Å². The van der Waals surface area contributed by atoms with E-state index in [0.717, 1.165) is 22.2 Å². The van der Waals surface area contributed by atoms with Gasteiger partial charge >= 0.3 is 0 Å². The average Bonchev–Trinajstić information content (AvgIpc) is 2.72. The van der Waals surface area contributed by atoms with E-state index in [-0.39, 0.29) is 17.0 Å². The SMILES string of the molecule is Br.CCCCCSc1nc2cc(OCC)ccc2n1C. The normalized spacial score (nSPS) is 10.6. The Morgan fingerprint density at radius 1 is 1.25 bits per heavy atom. The molecule has 0 radical (unpaired) electrons. The first-order valence-corrected chi connectivity index (χ1v) is 7.97. The van der Waals surface area contributed by atoms with Crippen molar-refractivity contribution in [1.29, 1.82) is 0 Å². The molecule has 0 saturated carbocycles. The number of unbranched alkanes of at least 4 members (excludes halogenated alkanes) is 2. The fraction of sp³-hybridized carbons (Fsp3) is 0.533. The number of aryl methyl sites for hydroxylation is 1. The number of imidazole rings is 1. The predicted octanol–water partition coefficient (Wildman–Crippen LogP) is 4.83. The quantitative estimate of drug-likeness (QED) is 0.523. The molecule has 0 spiro atoms. The van der Waals surface area contributed by atoms with Crippen molar-refractivity contribution in [2.45, 2.75) is 38.3 Å². The van der Waals surface area contributed by atoms with Gasteiger partial charge in [0.05, 0.1) is 17.6 Å². The lowest BCUT2D eigenvalue weighted by Crippen LogP contribution is -1.92. The van der Waals surface area contributed by atoms with Gasteiger partial charge in [0.15, 0.2) is 5.16 Å². The number of ether oxygens (including phenoxy) is 1. The third-order valence-electron chi connectivity index (χ3n) is 3.10. The van der Waals surface area contributed by atoms with Crippen LogP contribution in [0.1, 0.15) is 33.1 Å². The maximum absolute atomic E-state index is 5.52. The maximum atomic E-state index is 5.52. The van der Waals surface area contributed by atoms with Crippen LogP contribution >= 0.6 is 28.7 Å². The third-order valence-corrected chi connectivity index (χ3v) is 4.22. The van der Waals surface area contributed by atoms with Crippen molar-refractivity contribution in [2.75, 3.05) is 12.4 Å². The predicted molar refractivity (Wildman–Crippen MR) is 92.5 cm³/mol. The van der Waals surface area contributed by atoms with E-state index in [9.17, 15) is 0 Å². The van der Waals surface area contributed by atoms with E-state index >= 15 is 0 Å². The van der Waals surface area contributed by atoms with Crippen LogP contribution in [0.5, 0.6) is 5.75 Å². The van der Waals surface area contributed by atoms with Crippen LogP contribution in [0.25, 0.3) is 11.0 Å². The number of thioether (sulfide) groups is 1. The molecule has 0 aliphatic rings. The van der Waals surface area contributed by atoms with E-state index < -0.39 is 0 Å². The van der Waals surface area contributed by atoms with Crippen LogP contribution in [0.4, 0.5) is 0 Å². The Morgan fingerprint density at radius 3 is 2.75 bits per heavy atom. The molecule has 1 heterocycles. The third kappa shape index (κ3) is 4.16. The number of fused-ring (bicyclic) bond motifs is 1. The van der Waals surface area contributed by atoms with Crippen LogP contribution < -0.4 is 4.74 Å². The van der Waals surface area contributed by atoms with Gasteiger partial charge in [-0.15, -0.1) is 17.0 Å². The standard InChI is InChI=1S/C15H22N2OS.BrH/c1-4-6-7-10-19-15-16-13-11-12(18-5-2)8-9-14(13)17(15)3;/h8-9,11H,4-7,10H2,1-3H3;1H. The van der Waals surface area contributed by atoms with E-state index in [2.05, 4.69) is 24.6 Å². The zero-order valence-electron chi connectivity index (χ0n) is 12.4. The van der Waals surface area contributed by atoms with E-state index in [1.165, 1.54) is 24.8 Å². The van der Waals surface area contributed by atoms with Crippen LogP contribution in [0.2, 0.25) is 0 Å². The van der Waals surface area contributed by atoms with Crippen LogP contribution in [0.15, 0.2) is 23.4 Å². The minimum atomic E-state index is 0. The molecule has 2 rings (SSSR count). The summed E-state index contributed by atoms with van der Waals surface area (Å²) in [5.74, 6) is 2.04. The van der Waals surface area contributed by atoms with Crippen molar-refractivity contribution in [1.82, 2.24) is 9.55 Å².